The van der Waals surface area contributed by atoms with Crippen LogP contribution in [-0.4, -0.2) is 31.1 Å². The number of benzene rings is 2. The van der Waals surface area contributed by atoms with Gasteiger partial charge in [-0.25, -0.2) is 4.90 Å². The first-order valence-electron chi connectivity index (χ1n) is 7.59. The summed E-state index contributed by atoms with van der Waals surface area (Å²) in [5.41, 5.74) is 1.66. The van der Waals surface area contributed by atoms with Gasteiger partial charge in [0.25, 0.3) is 5.91 Å². The van der Waals surface area contributed by atoms with Crippen LogP contribution in [0, 0.1) is 6.92 Å². The van der Waals surface area contributed by atoms with Crippen LogP contribution < -0.4 is 14.4 Å². The van der Waals surface area contributed by atoms with Gasteiger partial charge in [0, 0.05) is 6.07 Å². The van der Waals surface area contributed by atoms with E-state index in [0.29, 0.717) is 17.1 Å². The van der Waals surface area contributed by atoms with E-state index in [1.165, 1.54) is 20.3 Å². The highest BCUT2D eigenvalue weighted by molar-refractivity contribution is 6.45. The normalized spacial score (nSPS) is 14.3. The lowest BCUT2D eigenvalue weighted by atomic mass is 10.0. The van der Waals surface area contributed by atoms with Crippen molar-refractivity contribution in [2.45, 2.75) is 6.92 Å². The molecule has 6 heteroatoms. The lowest BCUT2D eigenvalue weighted by Crippen LogP contribution is -2.31. The smallest absolute Gasteiger partial charge is 0.301 e. The molecule has 1 aliphatic rings. The summed E-state index contributed by atoms with van der Waals surface area (Å²) in [7, 11) is 2.91. The van der Waals surface area contributed by atoms with Crippen molar-refractivity contribution in [1.82, 2.24) is 0 Å². The van der Waals surface area contributed by atoms with Crippen LogP contribution in [-0.2, 0) is 9.59 Å². The number of carbonyl (C=O) groups is 2. The van der Waals surface area contributed by atoms with Crippen LogP contribution in [0.4, 0.5) is 5.69 Å². The van der Waals surface area contributed by atoms with Gasteiger partial charge in [0.1, 0.15) is 11.5 Å². The van der Waals surface area contributed by atoms with Crippen LogP contribution in [0.5, 0.6) is 11.5 Å². The number of aliphatic hydroxyl groups excluding tert-OH is 1. The first-order valence-corrected chi connectivity index (χ1v) is 7.59. The highest BCUT2D eigenvalue weighted by Gasteiger charge is 2.41. The predicted octanol–water partition coefficient (Wildman–Crippen LogP) is 2.85. The van der Waals surface area contributed by atoms with Gasteiger partial charge < -0.3 is 14.6 Å². The minimum absolute atomic E-state index is 0.0325. The number of aryl methyl sites for hydroxylation is 1. The number of ether oxygens (including phenoxy) is 2. The summed E-state index contributed by atoms with van der Waals surface area (Å²) in [6.45, 7) is 1.91. The van der Waals surface area contributed by atoms with E-state index in [9.17, 15) is 14.7 Å². The zero-order chi connectivity index (χ0) is 18.1. The molecular formula is C19H17NO5. The van der Waals surface area contributed by atoms with Crippen LogP contribution >= 0.6 is 0 Å². The number of methoxy groups -OCH3 is 2. The molecule has 1 heterocycles. The minimum atomic E-state index is -0.799. The van der Waals surface area contributed by atoms with E-state index in [1.807, 2.05) is 19.1 Å². The molecule has 3 rings (SSSR count). The molecule has 0 saturated heterocycles. The van der Waals surface area contributed by atoms with Crippen molar-refractivity contribution >= 4 is 23.1 Å². The summed E-state index contributed by atoms with van der Waals surface area (Å²) in [4.78, 5) is 26.3. The van der Waals surface area contributed by atoms with E-state index in [2.05, 4.69) is 0 Å². The number of imide groups is 1. The average molecular weight is 339 g/mol. The Labute approximate surface area is 144 Å². The van der Waals surface area contributed by atoms with Crippen molar-refractivity contribution in [2.24, 2.45) is 0 Å². The molecule has 2 aromatic rings. The number of carbonyl (C=O) groups excluding carboxylic acids is 2. The Balaban J connectivity index is 2.09. The third-order valence-electron chi connectivity index (χ3n) is 4.03. The number of hydrogen-bond acceptors (Lipinski definition) is 5. The summed E-state index contributed by atoms with van der Waals surface area (Å²) in [6.07, 6.45) is 0. The molecule has 0 atom stereocenters. The molecule has 0 radical (unpaired) electrons. The topological polar surface area (TPSA) is 76.1 Å². The Kier molecular flexibility index (Phi) is 4.19. The number of hydrogen-bond donors (Lipinski definition) is 1. The highest BCUT2D eigenvalue weighted by atomic mass is 16.5. The zero-order valence-corrected chi connectivity index (χ0v) is 14.1. The SMILES string of the molecule is COc1ccc(OC)c(N2C(=O)C(O)=C(c3ccc(C)cc3)C2=O)c1. The van der Waals surface area contributed by atoms with E-state index in [-0.39, 0.29) is 11.3 Å². The van der Waals surface area contributed by atoms with Gasteiger partial charge >= 0.3 is 5.91 Å². The zero-order valence-electron chi connectivity index (χ0n) is 14.1. The Morgan fingerprint density at radius 3 is 2.20 bits per heavy atom. The van der Waals surface area contributed by atoms with E-state index in [1.54, 1.807) is 24.3 Å². The summed E-state index contributed by atoms with van der Waals surface area (Å²) in [5, 5.41) is 10.3. The number of amides is 2. The molecule has 0 aliphatic carbocycles. The number of anilines is 1. The van der Waals surface area contributed by atoms with Gasteiger partial charge in [-0.2, -0.15) is 0 Å². The van der Waals surface area contributed by atoms with Gasteiger partial charge in [0.2, 0.25) is 0 Å². The van der Waals surface area contributed by atoms with Crippen LogP contribution in [0.3, 0.4) is 0 Å². The van der Waals surface area contributed by atoms with E-state index < -0.39 is 17.6 Å². The molecule has 0 bridgehead atoms. The molecular weight excluding hydrogens is 322 g/mol. The molecule has 2 amide bonds. The van der Waals surface area contributed by atoms with Crippen LogP contribution in [0.15, 0.2) is 48.2 Å². The fourth-order valence-electron chi connectivity index (χ4n) is 2.69. The molecule has 0 aromatic heterocycles. The standard InChI is InChI=1S/C19H17NO5/c1-11-4-6-12(7-5-11)16-17(21)19(23)20(18(16)22)14-10-13(24-2)8-9-15(14)25-3/h4-10,21H,1-3H3. The van der Waals surface area contributed by atoms with E-state index >= 15 is 0 Å². The van der Waals surface area contributed by atoms with Crippen molar-refractivity contribution in [2.75, 3.05) is 19.1 Å². The molecule has 1 aliphatic heterocycles. The van der Waals surface area contributed by atoms with Gasteiger partial charge in [0.05, 0.1) is 25.5 Å². The summed E-state index contributed by atoms with van der Waals surface area (Å²) >= 11 is 0. The van der Waals surface area contributed by atoms with E-state index in [0.717, 1.165) is 10.5 Å². The maximum Gasteiger partial charge on any atom is 0.301 e. The first-order chi connectivity index (χ1) is 12.0. The van der Waals surface area contributed by atoms with Crippen molar-refractivity contribution in [1.29, 1.82) is 0 Å². The Bertz CT molecular complexity index is 883. The first kappa shape index (κ1) is 16.6. The van der Waals surface area contributed by atoms with Gasteiger partial charge in [-0.15, -0.1) is 0 Å². The fraction of sp³-hybridized carbons (Fsp3) is 0.158. The Morgan fingerprint density at radius 2 is 1.60 bits per heavy atom. The van der Waals surface area contributed by atoms with E-state index in [4.69, 9.17) is 9.47 Å². The van der Waals surface area contributed by atoms with Crippen LogP contribution in [0.25, 0.3) is 5.57 Å². The second kappa shape index (κ2) is 6.32. The molecule has 1 N–H and O–H groups in total. The number of aliphatic hydroxyl groups is 1. The molecule has 25 heavy (non-hydrogen) atoms. The monoisotopic (exact) mass is 339 g/mol. The van der Waals surface area contributed by atoms with Crippen molar-refractivity contribution in [3.8, 4) is 11.5 Å². The quantitative estimate of drug-likeness (QED) is 0.867. The third kappa shape index (κ3) is 2.71. The lowest BCUT2D eigenvalue weighted by molar-refractivity contribution is -0.121. The maximum absolute atomic E-state index is 12.9. The van der Waals surface area contributed by atoms with Crippen LogP contribution in [0.1, 0.15) is 11.1 Å². The fourth-order valence-corrected chi connectivity index (χ4v) is 2.69. The molecule has 0 spiro atoms. The summed E-state index contributed by atoms with van der Waals surface area (Å²) < 4.78 is 10.4. The Hall–Kier alpha value is -3.28. The summed E-state index contributed by atoms with van der Waals surface area (Å²) in [6, 6.07) is 11.8. The van der Waals surface area contributed by atoms with Gasteiger partial charge in [-0.3, -0.25) is 9.59 Å². The number of rotatable bonds is 4. The lowest BCUT2D eigenvalue weighted by Gasteiger charge is -2.18. The largest absolute Gasteiger partial charge is 0.502 e. The van der Waals surface area contributed by atoms with Gasteiger partial charge in [-0.05, 0) is 24.6 Å². The molecule has 6 nitrogen and oxygen atoms in total. The predicted molar refractivity (Wildman–Crippen MR) is 92.8 cm³/mol. The maximum atomic E-state index is 12.9. The minimum Gasteiger partial charge on any atom is -0.502 e. The number of nitrogens with zero attached hydrogens (tertiary/aromatic N) is 1. The van der Waals surface area contributed by atoms with Crippen molar-refractivity contribution in [3.05, 3.63) is 59.4 Å². The van der Waals surface area contributed by atoms with Crippen molar-refractivity contribution < 1.29 is 24.2 Å². The second-order valence-corrected chi connectivity index (χ2v) is 5.57. The average Bonchev–Trinajstić information content (AvgIpc) is 2.84. The molecule has 128 valence electrons. The molecule has 0 saturated carbocycles. The third-order valence-corrected chi connectivity index (χ3v) is 4.03. The molecule has 0 unspecified atom stereocenters. The summed E-state index contributed by atoms with van der Waals surface area (Å²) in [5.74, 6) is -1.22. The van der Waals surface area contributed by atoms with Crippen molar-refractivity contribution in [3.63, 3.8) is 0 Å². The molecule has 0 fully saturated rings. The highest BCUT2D eigenvalue weighted by Crippen LogP contribution is 2.38. The Morgan fingerprint density at radius 1 is 0.920 bits per heavy atom. The van der Waals surface area contributed by atoms with Crippen LogP contribution in [0.2, 0.25) is 0 Å². The van der Waals surface area contributed by atoms with Gasteiger partial charge in [-0.1, -0.05) is 29.8 Å². The molecule has 2 aromatic carbocycles. The second-order valence-electron chi connectivity index (χ2n) is 5.57. The van der Waals surface area contributed by atoms with Gasteiger partial charge in [0.15, 0.2) is 5.76 Å².